The Labute approximate surface area is 413 Å². The summed E-state index contributed by atoms with van der Waals surface area (Å²) in [6.07, 6.45) is 26.7. The van der Waals surface area contributed by atoms with E-state index < -0.39 is 86.8 Å². The highest BCUT2D eigenvalue weighted by molar-refractivity contribution is 5.76. The Morgan fingerprint density at radius 3 is 1.25 bits per heavy atom. The maximum absolute atomic E-state index is 13.2. The second-order valence-corrected chi connectivity index (χ2v) is 20.4. The summed E-state index contributed by atoms with van der Waals surface area (Å²) in [5.41, 5.74) is 0. The average Bonchev–Trinajstić information content (AvgIpc) is 3.34. The van der Waals surface area contributed by atoms with Gasteiger partial charge in [-0.3, -0.25) is 4.79 Å². The van der Waals surface area contributed by atoms with Crippen molar-refractivity contribution in [3.63, 3.8) is 0 Å². The lowest BCUT2D eigenvalue weighted by molar-refractivity contribution is -0.359. The van der Waals surface area contributed by atoms with Crippen LogP contribution in [-0.4, -0.2) is 140 Å². The lowest BCUT2D eigenvalue weighted by Crippen LogP contribution is -2.65. The van der Waals surface area contributed by atoms with Crippen molar-refractivity contribution in [2.75, 3.05) is 19.8 Å². The van der Waals surface area contributed by atoms with Gasteiger partial charge in [0.05, 0.1) is 32.0 Å². The van der Waals surface area contributed by atoms with E-state index in [1.165, 1.54) is 167 Å². The van der Waals surface area contributed by atoms with Crippen LogP contribution in [0, 0.1) is 0 Å². The van der Waals surface area contributed by atoms with Crippen LogP contribution in [0.3, 0.4) is 0 Å². The first kappa shape index (κ1) is 63.1. The van der Waals surface area contributed by atoms with Crippen LogP contribution in [0.2, 0.25) is 0 Å². The van der Waals surface area contributed by atoms with E-state index in [1.807, 2.05) is 0 Å². The Hall–Kier alpha value is -1.01. The van der Waals surface area contributed by atoms with Crippen molar-refractivity contribution in [1.29, 1.82) is 0 Å². The second kappa shape index (κ2) is 41.5. The number of amides is 1. The Balaban J connectivity index is 1.76. The fourth-order valence-electron chi connectivity index (χ4n) is 9.71. The predicted octanol–water partition coefficient (Wildman–Crippen LogP) is 8.56. The Bertz CT molecular complexity index is 1150. The predicted molar refractivity (Wildman–Crippen MR) is 268 cm³/mol. The number of carbonyl (C=O) groups is 1. The minimum atomic E-state index is -1.78. The SMILES string of the molecule is CCCCCCCCCCCCCCCCCCCCCCC(=O)N[C@@H](CO[C@@H]1O[C@H](CO)[C@@H](O[C@@H]2O[C@H](CO)[C@H](O)C(O)C2O)C(O)C1O)[C@H](O)CCCCCCCCCCCCCCCC. The maximum Gasteiger partial charge on any atom is 0.220 e. The van der Waals surface area contributed by atoms with Gasteiger partial charge >= 0.3 is 0 Å². The standard InChI is InChI=1S/C54H105NO13/c1-3-5-7-9-11-13-15-17-19-20-21-22-23-24-26-28-30-32-34-36-38-46(59)55-42(43(58)37-35-33-31-29-27-25-18-16-14-12-10-8-6-4-2)41-65-53-51(64)49(62)52(45(40-57)67-53)68-54-50(63)48(61)47(60)44(39-56)66-54/h42-45,47-54,56-58,60-64H,3-41H2,1-2H3,(H,55,59)/t42-,43+,44+,45+,47-,48?,49?,50?,51?,52+,53+,54-/m0/s1. The molecule has 4 unspecified atom stereocenters. The van der Waals surface area contributed by atoms with Gasteiger partial charge in [-0.25, -0.2) is 0 Å². The Morgan fingerprint density at radius 1 is 0.471 bits per heavy atom. The minimum absolute atomic E-state index is 0.201. The first-order chi connectivity index (χ1) is 33.1. The quantitative estimate of drug-likeness (QED) is 0.0261. The molecule has 0 saturated carbocycles. The van der Waals surface area contributed by atoms with Crippen LogP contribution < -0.4 is 5.32 Å². The molecule has 0 aliphatic carbocycles. The molecular formula is C54H105NO13. The zero-order chi connectivity index (χ0) is 49.6. The summed E-state index contributed by atoms with van der Waals surface area (Å²) < 4.78 is 22.8. The van der Waals surface area contributed by atoms with Crippen LogP contribution in [0.25, 0.3) is 0 Å². The van der Waals surface area contributed by atoms with E-state index in [0.29, 0.717) is 12.8 Å². The van der Waals surface area contributed by atoms with Crippen LogP contribution >= 0.6 is 0 Å². The summed E-state index contributed by atoms with van der Waals surface area (Å²) in [6, 6.07) is -0.821. The molecule has 1 amide bonds. The zero-order valence-corrected chi connectivity index (χ0v) is 43.1. The fraction of sp³-hybridized carbons (Fsp3) is 0.981. The maximum atomic E-state index is 13.2. The van der Waals surface area contributed by atoms with E-state index >= 15 is 0 Å². The third-order valence-electron chi connectivity index (χ3n) is 14.3. The van der Waals surface area contributed by atoms with Crippen LogP contribution in [0.1, 0.15) is 245 Å². The van der Waals surface area contributed by atoms with Crippen molar-refractivity contribution < 1.29 is 64.6 Å². The van der Waals surface area contributed by atoms with Gasteiger partial charge in [-0.15, -0.1) is 0 Å². The molecule has 0 spiro atoms. The van der Waals surface area contributed by atoms with Gasteiger partial charge in [-0.1, -0.05) is 226 Å². The molecule has 9 N–H and O–H groups in total. The fourth-order valence-corrected chi connectivity index (χ4v) is 9.71. The third kappa shape index (κ3) is 27.7. The first-order valence-electron chi connectivity index (χ1n) is 28.3. The molecule has 68 heavy (non-hydrogen) atoms. The van der Waals surface area contributed by atoms with Gasteiger partial charge in [-0.05, 0) is 12.8 Å². The van der Waals surface area contributed by atoms with Gasteiger partial charge in [0.1, 0.15) is 48.8 Å². The molecule has 12 atom stereocenters. The highest BCUT2D eigenvalue weighted by Crippen LogP contribution is 2.30. The molecule has 0 aromatic carbocycles. The van der Waals surface area contributed by atoms with Crippen molar-refractivity contribution in [2.45, 2.75) is 319 Å². The van der Waals surface area contributed by atoms with Crippen LogP contribution in [0.4, 0.5) is 0 Å². The van der Waals surface area contributed by atoms with E-state index in [0.717, 1.165) is 51.4 Å². The topological polar surface area (TPSA) is 228 Å². The molecule has 14 heteroatoms. The lowest BCUT2D eigenvalue weighted by atomic mass is 9.97. The summed E-state index contributed by atoms with van der Waals surface area (Å²) in [4.78, 5) is 13.2. The Kier molecular flexibility index (Phi) is 38.5. The lowest BCUT2D eigenvalue weighted by Gasteiger charge is -2.46. The molecule has 2 rings (SSSR count). The minimum Gasteiger partial charge on any atom is -0.394 e. The summed E-state index contributed by atoms with van der Waals surface area (Å²) in [6.45, 7) is 2.88. The molecule has 0 aromatic heterocycles. The summed E-state index contributed by atoms with van der Waals surface area (Å²) in [5.74, 6) is -0.201. The largest absolute Gasteiger partial charge is 0.394 e. The second-order valence-electron chi connectivity index (χ2n) is 20.4. The van der Waals surface area contributed by atoms with Crippen LogP contribution in [0.5, 0.6) is 0 Å². The van der Waals surface area contributed by atoms with E-state index in [4.69, 9.17) is 18.9 Å². The molecule has 0 radical (unpaired) electrons. The highest BCUT2D eigenvalue weighted by Gasteiger charge is 2.51. The smallest absolute Gasteiger partial charge is 0.220 e. The molecule has 0 bridgehead atoms. The number of ether oxygens (including phenoxy) is 4. The monoisotopic (exact) mass is 976 g/mol. The van der Waals surface area contributed by atoms with Gasteiger partial charge in [0, 0.05) is 6.42 Å². The molecule has 404 valence electrons. The van der Waals surface area contributed by atoms with Gasteiger partial charge < -0.3 is 65.1 Å². The van der Waals surface area contributed by atoms with Gasteiger partial charge in [0.15, 0.2) is 12.6 Å². The van der Waals surface area contributed by atoms with Crippen LogP contribution in [-0.2, 0) is 23.7 Å². The number of nitrogens with one attached hydrogen (secondary N) is 1. The van der Waals surface area contributed by atoms with Gasteiger partial charge in [0.25, 0.3) is 0 Å². The molecule has 2 fully saturated rings. The van der Waals surface area contributed by atoms with Crippen molar-refractivity contribution >= 4 is 5.91 Å². The molecule has 2 saturated heterocycles. The first-order valence-corrected chi connectivity index (χ1v) is 28.3. The molecule has 2 aliphatic heterocycles. The van der Waals surface area contributed by atoms with Crippen LogP contribution in [0.15, 0.2) is 0 Å². The summed E-state index contributed by atoms with van der Waals surface area (Å²) in [7, 11) is 0. The number of aliphatic hydroxyl groups is 8. The van der Waals surface area contributed by atoms with Crippen molar-refractivity contribution in [1.82, 2.24) is 5.32 Å². The number of rotatable bonds is 45. The van der Waals surface area contributed by atoms with E-state index in [-0.39, 0.29) is 12.5 Å². The van der Waals surface area contributed by atoms with Crippen molar-refractivity contribution in [3.05, 3.63) is 0 Å². The van der Waals surface area contributed by atoms with E-state index in [9.17, 15) is 45.6 Å². The van der Waals surface area contributed by atoms with E-state index in [2.05, 4.69) is 19.2 Å². The normalized spacial score (nSPS) is 26.3. The zero-order valence-electron chi connectivity index (χ0n) is 43.1. The van der Waals surface area contributed by atoms with E-state index in [1.54, 1.807) is 0 Å². The molecular weight excluding hydrogens is 871 g/mol. The Morgan fingerprint density at radius 2 is 0.838 bits per heavy atom. The number of hydrogen-bond acceptors (Lipinski definition) is 13. The average molecular weight is 976 g/mol. The molecule has 2 heterocycles. The number of unbranched alkanes of at least 4 members (excludes halogenated alkanes) is 32. The third-order valence-corrected chi connectivity index (χ3v) is 14.3. The molecule has 14 nitrogen and oxygen atoms in total. The highest BCUT2D eigenvalue weighted by atomic mass is 16.7. The molecule has 2 aliphatic rings. The summed E-state index contributed by atoms with van der Waals surface area (Å²) >= 11 is 0. The van der Waals surface area contributed by atoms with Crippen molar-refractivity contribution in [2.24, 2.45) is 0 Å². The molecule has 0 aromatic rings. The van der Waals surface area contributed by atoms with Gasteiger partial charge in [-0.2, -0.15) is 0 Å². The number of hydrogen-bond donors (Lipinski definition) is 9. The number of carbonyl (C=O) groups excluding carboxylic acids is 1. The van der Waals surface area contributed by atoms with Crippen molar-refractivity contribution in [3.8, 4) is 0 Å². The summed E-state index contributed by atoms with van der Waals surface area (Å²) in [5, 5.41) is 87.1. The van der Waals surface area contributed by atoms with Gasteiger partial charge in [0.2, 0.25) is 5.91 Å². The number of aliphatic hydroxyl groups excluding tert-OH is 8.